The summed E-state index contributed by atoms with van der Waals surface area (Å²) in [5, 5.41) is -0.222. The number of piperidine rings is 1. The molecule has 3 aromatic rings. The van der Waals surface area contributed by atoms with Crippen LogP contribution in [0.5, 0.6) is 0 Å². The molecule has 25 heavy (non-hydrogen) atoms. The van der Waals surface area contributed by atoms with E-state index in [2.05, 4.69) is 6.07 Å². The fourth-order valence-corrected chi connectivity index (χ4v) is 5.51. The third kappa shape index (κ3) is 3.72. The number of benzene rings is 2. The van der Waals surface area contributed by atoms with Gasteiger partial charge in [-0.15, -0.1) is 11.3 Å². The molecule has 1 atom stereocenters. The summed E-state index contributed by atoms with van der Waals surface area (Å²) < 4.78 is 2.13. The Morgan fingerprint density at radius 3 is 2.48 bits per heavy atom. The van der Waals surface area contributed by atoms with Crippen molar-refractivity contribution >= 4 is 39.2 Å². The van der Waals surface area contributed by atoms with Crippen LogP contribution in [-0.2, 0) is 4.79 Å². The molecule has 1 aliphatic rings. The number of thioether (sulfide) groups is 1. The highest BCUT2D eigenvalue weighted by Crippen LogP contribution is 2.40. The Bertz CT molecular complexity index is 823. The summed E-state index contributed by atoms with van der Waals surface area (Å²) in [5.41, 5.74) is 2.06. The molecular formula is C20H20N2OS2. The van der Waals surface area contributed by atoms with E-state index in [1.54, 1.807) is 23.1 Å². The predicted octanol–water partition coefficient (Wildman–Crippen LogP) is 5.14. The Balaban J connectivity index is 1.63. The first-order valence-electron chi connectivity index (χ1n) is 8.67. The van der Waals surface area contributed by atoms with E-state index in [1.807, 2.05) is 53.4 Å². The fourth-order valence-electron chi connectivity index (χ4n) is 3.17. The fraction of sp³-hybridized carbons (Fsp3) is 0.300. The summed E-state index contributed by atoms with van der Waals surface area (Å²) in [6.07, 6.45) is 3.45. The number of carbonyl (C=O) groups is 1. The number of hydrogen-bond acceptors (Lipinski definition) is 4. The van der Waals surface area contributed by atoms with Gasteiger partial charge < -0.3 is 4.90 Å². The minimum atomic E-state index is -0.222. The summed E-state index contributed by atoms with van der Waals surface area (Å²) in [4.78, 5) is 19.9. The molecule has 128 valence electrons. The van der Waals surface area contributed by atoms with Crippen molar-refractivity contribution in [2.45, 2.75) is 28.9 Å². The first kappa shape index (κ1) is 16.6. The van der Waals surface area contributed by atoms with E-state index in [4.69, 9.17) is 4.98 Å². The summed E-state index contributed by atoms with van der Waals surface area (Å²) >= 11 is 3.25. The average molecular weight is 369 g/mol. The minimum Gasteiger partial charge on any atom is -0.341 e. The van der Waals surface area contributed by atoms with Crippen molar-refractivity contribution in [1.82, 2.24) is 9.88 Å². The number of thiazole rings is 1. The second-order valence-corrected chi connectivity index (χ2v) is 8.62. The highest BCUT2D eigenvalue weighted by Gasteiger charge is 2.28. The third-order valence-corrected chi connectivity index (χ3v) is 6.86. The van der Waals surface area contributed by atoms with Gasteiger partial charge in [0.25, 0.3) is 0 Å². The number of rotatable bonds is 4. The molecule has 1 saturated heterocycles. The van der Waals surface area contributed by atoms with Crippen molar-refractivity contribution in [2.75, 3.05) is 13.1 Å². The molecular weight excluding hydrogens is 348 g/mol. The Morgan fingerprint density at radius 1 is 1.00 bits per heavy atom. The zero-order chi connectivity index (χ0) is 17.1. The van der Waals surface area contributed by atoms with Gasteiger partial charge in [-0.25, -0.2) is 4.98 Å². The molecule has 0 unspecified atom stereocenters. The van der Waals surface area contributed by atoms with Crippen LogP contribution in [0.1, 0.15) is 30.1 Å². The van der Waals surface area contributed by atoms with E-state index in [0.29, 0.717) is 0 Å². The lowest BCUT2D eigenvalue weighted by Gasteiger charge is -2.30. The van der Waals surface area contributed by atoms with E-state index < -0.39 is 0 Å². The molecule has 0 N–H and O–H groups in total. The number of amides is 1. The molecule has 3 nitrogen and oxygen atoms in total. The number of para-hydroxylation sites is 1. The highest BCUT2D eigenvalue weighted by atomic mass is 32.2. The van der Waals surface area contributed by atoms with E-state index in [0.717, 1.165) is 41.4 Å². The first-order valence-corrected chi connectivity index (χ1v) is 10.4. The number of carbonyl (C=O) groups excluding carboxylic acids is 1. The average Bonchev–Trinajstić information content (AvgIpc) is 3.09. The van der Waals surface area contributed by atoms with Crippen LogP contribution in [0.2, 0.25) is 0 Å². The summed E-state index contributed by atoms with van der Waals surface area (Å²) in [6, 6.07) is 18.2. The van der Waals surface area contributed by atoms with Gasteiger partial charge in [0.1, 0.15) is 5.25 Å². The van der Waals surface area contributed by atoms with Crippen LogP contribution in [0.15, 0.2) is 58.9 Å². The normalized spacial score (nSPS) is 16.1. The highest BCUT2D eigenvalue weighted by molar-refractivity contribution is 8.02. The maximum atomic E-state index is 13.2. The lowest BCUT2D eigenvalue weighted by Crippen LogP contribution is -2.38. The van der Waals surface area contributed by atoms with Gasteiger partial charge in [-0.1, -0.05) is 54.2 Å². The summed E-state index contributed by atoms with van der Waals surface area (Å²) in [5.74, 6) is 0.218. The molecule has 0 aliphatic carbocycles. The molecule has 0 spiro atoms. The Hall–Kier alpha value is -1.85. The van der Waals surface area contributed by atoms with Gasteiger partial charge in [-0.05, 0) is 37.0 Å². The molecule has 0 saturated carbocycles. The topological polar surface area (TPSA) is 33.2 Å². The number of hydrogen-bond donors (Lipinski definition) is 0. The second-order valence-electron chi connectivity index (χ2n) is 6.24. The Kier molecular flexibility index (Phi) is 5.04. The SMILES string of the molecule is O=C([C@@H](Sc1nc2ccccc2s1)c1ccccc1)N1CCCCC1. The van der Waals surface area contributed by atoms with Gasteiger partial charge in [0.2, 0.25) is 5.91 Å². The van der Waals surface area contributed by atoms with Gasteiger partial charge >= 0.3 is 0 Å². The van der Waals surface area contributed by atoms with Crippen LogP contribution in [0.3, 0.4) is 0 Å². The monoisotopic (exact) mass is 368 g/mol. The van der Waals surface area contributed by atoms with Crippen LogP contribution in [-0.4, -0.2) is 28.9 Å². The molecule has 2 heterocycles. The van der Waals surface area contributed by atoms with Crippen molar-refractivity contribution in [3.63, 3.8) is 0 Å². The molecule has 0 bridgehead atoms. The second kappa shape index (κ2) is 7.58. The summed E-state index contributed by atoms with van der Waals surface area (Å²) in [6.45, 7) is 1.76. The van der Waals surface area contributed by atoms with E-state index in [1.165, 1.54) is 11.1 Å². The molecule has 1 aromatic heterocycles. The lowest BCUT2D eigenvalue weighted by atomic mass is 10.1. The van der Waals surface area contributed by atoms with Crippen LogP contribution in [0, 0.1) is 0 Å². The molecule has 2 aromatic carbocycles. The molecule has 1 aliphatic heterocycles. The molecule has 5 heteroatoms. The first-order chi connectivity index (χ1) is 12.3. The lowest BCUT2D eigenvalue weighted by molar-refractivity contribution is -0.131. The van der Waals surface area contributed by atoms with E-state index in [9.17, 15) is 4.79 Å². The van der Waals surface area contributed by atoms with Crippen molar-refractivity contribution in [3.05, 3.63) is 60.2 Å². The minimum absolute atomic E-state index is 0.218. The van der Waals surface area contributed by atoms with E-state index >= 15 is 0 Å². The molecule has 4 rings (SSSR count). The number of fused-ring (bicyclic) bond motifs is 1. The number of nitrogens with zero attached hydrogens (tertiary/aromatic N) is 2. The van der Waals surface area contributed by atoms with Gasteiger partial charge in [0, 0.05) is 13.1 Å². The molecule has 1 amide bonds. The van der Waals surface area contributed by atoms with Crippen molar-refractivity contribution in [2.24, 2.45) is 0 Å². The van der Waals surface area contributed by atoms with Crippen molar-refractivity contribution in [1.29, 1.82) is 0 Å². The van der Waals surface area contributed by atoms with E-state index in [-0.39, 0.29) is 11.2 Å². The van der Waals surface area contributed by atoms with Gasteiger partial charge in [0.15, 0.2) is 4.34 Å². The maximum Gasteiger partial charge on any atom is 0.240 e. The van der Waals surface area contributed by atoms with Gasteiger partial charge in [-0.3, -0.25) is 4.79 Å². The van der Waals surface area contributed by atoms with Gasteiger partial charge in [-0.2, -0.15) is 0 Å². The molecule has 0 radical (unpaired) electrons. The predicted molar refractivity (Wildman–Crippen MR) is 105 cm³/mol. The van der Waals surface area contributed by atoms with Crippen LogP contribution >= 0.6 is 23.1 Å². The van der Waals surface area contributed by atoms with Gasteiger partial charge in [0.05, 0.1) is 10.2 Å². The Labute approximate surface area is 156 Å². The quantitative estimate of drug-likeness (QED) is 0.598. The standard InChI is InChI=1S/C20H20N2OS2/c23-19(22-13-7-2-8-14-22)18(15-9-3-1-4-10-15)25-20-21-16-11-5-6-12-17(16)24-20/h1,3-6,9-12,18H,2,7-8,13-14H2/t18-/m0/s1. The van der Waals surface area contributed by atoms with Crippen LogP contribution in [0.4, 0.5) is 0 Å². The zero-order valence-electron chi connectivity index (χ0n) is 13.9. The Morgan fingerprint density at radius 2 is 1.72 bits per heavy atom. The number of aromatic nitrogens is 1. The molecule has 1 fully saturated rings. The third-order valence-electron chi connectivity index (χ3n) is 4.49. The summed E-state index contributed by atoms with van der Waals surface area (Å²) in [7, 11) is 0. The largest absolute Gasteiger partial charge is 0.341 e. The van der Waals surface area contributed by atoms with Crippen molar-refractivity contribution in [3.8, 4) is 0 Å². The number of likely N-dealkylation sites (tertiary alicyclic amines) is 1. The zero-order valence-corrected chi connectivity index (χ0v) is 15.6. The van der Waals surface area contributed by atoms with Crippen LogP contribution < -0.4 is 0 Å². The maximum absolute atomic E-state index is 13.2. The van der Waals surface area contributed by atoms with Crippen LogP contribution in [0.25, 0.3) is 10.2 Å². The van der Waals surface area contributed by atoms with Crippen molar-refractivity contribution < 1.29 is 4.79 Å². The smallest absolute Gasteiger partial charge is 0.240 e.